The molecule has 0 saturated carbocycles. The van der Waals surface area contributed by atoms with Crippen LogP contribution in [0, 0.1) is 5.92 Å². The number of rotatable bonds is 10. The van der Waals surface area contributed by atoms with Crippen molar-refractivity contribution in [3.05, 3.63) is 60.6 Å². The second kappa shape index (κ2) is 11.3. The van der Waals surface area contributed by atoms with Gasteiger partial charge in [-0.2, -0.15) is 10.1 Å². The van der Waals surface area contributed by atoms with Crippen LogP contribution >= 0.6 is 0 Å². The molecule has 3 atom stereocenters. The quantitative estimate of drug-likeness (QED) is 0.315. The van der Waals surface area contributed by atoms with Crippen LogP contribution in [0.25, 0.3) is 16.8 Å². The highest BCUT2D eigenvalue weighted by Gasteiger charge is 2.31. The number of benzene rings is 1. The predicted molar refractivity (Wildman–Crippen MR) is 149 cm³/mol. The first-order chi connectivity index (χ1) is 18.7. The first kappa shape index (κ1) is 27.1. The zero-order valence-electron chi connectivity index (χ0n) is 22.7. The van der Waals surface area contributed by atoms with Crippen molar-refractivity contribution in [2.45, 2.75) is 46.1 Å². The van der Waals surface area contributed by atoms with E-state index in [1.165, 1.54) is 10.6 Å². The molecule has 1 saturated heterocycles. The van der Waals surface area contributed by atoms with Gasteiger partial charge in [0.15, 0.2) is 11.4 Å². The van der Waals surface area contributed by atoms with Crippen LogP contribution in [-0.4, -0.2) is 69.1 Å². The van der Waals surface area contributed by atoms with Crippen molar-refractivity contribution in [2.24, 2.45) is 5.92 Å². The molecule has 0 radical (unpaired) electrons. The summed E-state index contributed by atoms with van der Waals surface area (Å²) in [5.41, 5.74) is 3.35. The van der Waals surface area contributed by atoms with Gasteiger partial charge in [-0.05, 0) is 37.8 Å². The van der Waals surface area contributed by atoms with E-state index in [1.807, 2.05) is 69.6 Å². The lowest BCUT2D eigenvalue weighted by Crippen LogP contribution is -2.47. The summed E-state index contributed by atoms with van der Waals surface area (Å²) >= 11 is 0. The fourth-order valence-electron chi connectivity index (χ4n) is 4.87. The van der Waals surface area contributed by atoms with E-state index in [4.69, 9.17) is 14.5 Å². The number of pyridine rings is 1. The molecule has 1 aliphatic rings. The largest absolute Gasteiger partial charge is 0.484 e. The van der Waals surface area contributed by atoms with Gasteiger partial charge in [0.25, 0.3) is 0 Å². The maximum absolute atomic E-state index is 12.0. The third-order valence-corrected chi connectivity index (χ3v) is 8.30. The van der Waals surface area contributed by atoms with E-state index in [0.717, 1.165) is 16.7 Å². The third-order valence-electron chi connectivity index (χ3n) is 7.03. The number of aromatic nitrogens is 5. The standard InChI is InChI=1S/C27H35N7O4S/c1-5-37-20(3)34-17-22(15-28-34)23-11-14-33-26(25(23)38-18-21-9-7-6-8-10-21)30-27(31-33)29-24-12-13-32(16-19(24)2)39(4,35)36/h6-11,14-15,17,19-20,24H,5,12-13,16,18H2,1-4H3,(H,29,31)/t19-,20?,24+/m1/s1. The van der Waals surface area contributed by atoms with Gasteiger partial charge in [0, 0.05) is 49.3 Å². The van der Waals surface area contributed by atoms with Gasteiger partial charge in [0.05, 0.1) is 12.5 Å². The molecule has 0 aliphatic carbocycles. The molecular formula is C27H35N7O4S. The Morgan fingerprint density at radius 2 is 2.00 bits per heavy atom. The highest BCUT2D eigenvalue weighted by atomic mass is 32.2. The molecule has 4 aromatic rings. The zero-order chi connectivity index (χ0) is 27.6. The van der Waals surface area contributed by atoms with Crippen molar-refractivity contribution < 1.29 is 17.9 Å². The number of nitrogens with one attached hydrogen (secondary N) is 1. The Morgan fingerprint density at radius 3 is 2.72 bits per heavy atom. The Balaban J connectivity index is 1.45. The van der Waals surface area contributed by atoms with Crippen molar-refractivity contribution in [1.82, 2.24) is 28.7 Å². The molecule has 39 heavy (non-hydrogen) atoms. The second-order valence-electron chi connectivity index (χ2n) is 9.94. The smallest absolute Gasteiger partial charge is 0.243 e. The minimum atomic E-state index is -3.21. The highest BCUT2D eigenvalue weighted by molar-refractivity contribution is 7.88. The zero-order valence-corrected chi connectivity index (χ0v) is 23.5. The fraction of sp³-hybridized carbons (Fsp3) is 0.444. The monoisotopic (exact) mass is 553 g/mol. The lowest BCUT2D eigenvalue weighted by molar-refractivity contribution is 0.0160. The number of nitrogens with zero attached hydrogens (tertiary/aromatic N) is 6. The molecule has 12 heteroatoms. The normalized spacial score (nSPS) is 19.3. The summed E-state index contributed by atoms with van der Waals surface area (Å²) in [4.78, 5) is 4.81. The molecule has 1 unspecified atom stereocenters. The van der Waals surface area contributed by atoms with Crippen molar-refractivity contribution in [3.8, 4) is 16.9 Å². The van der Waals surface area contributed by atoms with Crippen LogP contribution in [0.3, 0.4) is 0 Å². The first-order valence-electron chi connectivity index (χ1n) is 13.2. The Morgan fingerprint density at radius 1 is 1.21 bits per heavy atom. The number of sulfonamides is 1. The Labute approximate surface area is 228 Å². The third kappa shape index (κ3) is 6.07. The molecule has 3 aromatic heterocycles. The van der Waals surface area contributed by atoms with Crippen molar-refractivity contribution >= 4 is 21.6 Å². The Bertz CT molecular complexity index is 1520. The van der Waals surface area contributed by atoms with Crippen molar-refractivity contribution in [3.63, 3.8) is 0 Å². The molecule has 5 rings (SSSR count). The predicted octanol–water partition coefficient (Wildman–Crippen LogP) is 3.81. The van der Waals surface area contributed by atoms with E-state index in [2.05, 4.69) is 15.5 Å². The maximum atomic E-state index is 12.0. The molecule has 4 heterocycles. The molecule has 1 aliphatic heterocycles. The summed E-state index contributed by atoms with van der Waals surface area (Å²) in [6, 6.07) is 12.0. The Kier molecular flexibility index (Phi) is 7.87. The van der Waals surface area contributed by atoms with Gasteiger partial charge in [0.1, 0.15) is 12.8 Å². The van der Waals surface area contributed by atoms with Gasteiger partial charge in [-0.15, -0.1) is 5.10 Å². The van der Waals surface area contributed by atoms with Gasteiger partial charge in [-0.25, -0.2) is 21.9 Å². The summed E-state index contributed by atoms with van der Waals surface area (Å²) in [7, 11) is -3.21. The topological polar surface area (TPSA) is 116 Å². The summed E-state index contributed by atoms with van der Waals surface area (Å²) in [6.45, 7) is 7.84. The SMILES string of the molecule is CCOC(C)n1cc(-c2ccn3nc(N[C@H]4CCN(S(C)(=O)=O)C[C@H]4C)nc3c2OCc2ccccc2)cn1. The molecule has 1 fully saturated rings. The summed E-state index contributed by atoms with van der Waals surface area (Å²) in [5, 5.41) is 12.6. The summed E-state index contributed by atoms with van der Waals surface area (Å²) in [6.07, 6.45) is 7.33. The average Bonchev–Trinajstić information content (AvgIpc) is 3.56. The van der Waals surface area contributed by atoms with E-state index < -0.39 is 10.0 Å². The van der Waals surface area contributed by atoms with Crippen molar-refractivity contribution in [1.29, 1.82) is 0 Å². The van der Waals surface area contributed by atoms with Gasteiger partial charge >= 0.3 is 0 Å². The minimum Gasteiger partial charge on any atom is -0.484 e. The van der Waals surface area contributed by atoms with Gasteiger partial charge in [0.2, 0.25) is 16.0 Å². The van der Waals surface area contributed by atoms with Crippen LogP contribution in [0.5, 0.6) is 5.75 Å². The van der Waals surface area contributed by atoms with Crippen molar-refractivity contribution in [2.75, 3.05) is 31.3 Å². The van der Waals surface area contributed by atoms with Gasteiger partial charge in [-0.1, -0.05) is 37.3 Å². The van der Waals surface area contributed by atoms with Crippen LogP contribution in [0.4, 0.5) is 5.95 Å². The maximum Gasteiger partial charge on any atom is 0.243 e. The van der Waals surface area contributed by atoms with Gasteiger partial charge < -0.3 is 14.8 Å². The Hall–Kier alpha value is -3.48. The van der Waals surface area contributed by atoms with Crippen LogP contribution in [0.1, 0.15) is 39.0 Å². The van der Waals surface area contributed by atoms with Crippen LogP contribution in [0.15, 0.2) is 55.0 Å². The van der Waals surface area contributed by atoms with Crippen LogP contribution < -0.4 is 10.1 Å². The molecule has 208 valence electrons. The highest BCUT2D eigenvalue weighted by Crippen LogP contribution is 2.35. The molecule has 0 bridgehead atoms. The second-order valence-corrected chi connectivity index (χ2v) is 11.9. The van der Waals surface area contributed by atoms with E-state index in [9.17, 15) is 8.42 Å². The molecule has 1 N–H and O–H groups in total. The first-order valence-corrected chi connectivity index (χ1v) is 15.0. The van der Waals surface area contributed by atoms with E-state index in [0.29, 0.717) is 50.1 Å². The molecular weight excluding hydrogens is 518 g/mol. The number of fused-ring (bicyclic) bond motifs is 1. The summed E-state index contributed by atoms with van der Waals surface area (Å²) < 4.78 is 41.1. The fourth-order valence-corrected chi connectivity index (χ4v) is 5.81. The van der Waals surface area contributed by atoms with E-state index >= 15 is 0 Å². The minimum absolute atomic E-state index is 0.0480. The molecule has 0 spiro atoms. The van der Waals surface area contributed by atoms with Crippen LogP contribution in [0.2, 0.25) is 0 Å². The molecule has 1 aromatic carbocycles. The summed E-state index contributed by atoms with van der Waals surface area (Å²) in [5.74, 6) is 1.18. The average molecular weight is 554 g/mol. The van der Waals surface area contributed by atoms with Crippen LogP contribution in [-0.2, 0) is 21.4 Å². The number of piperidine rings is 1. The van der Waals surface area contributed by atoms with E-state index in [1.54, 1.807) is 15.4 Å². The van der Waals surface area contributed by atoms with Gasteiger partial charge in [-0.3, -0.25) is 0 Å². The lowest BCUT2D eigenvalue weighted by atomic mass is 9.95. The number of anilines is 1. The molecule has 0 amide bonds. The van der Waals surface area contributed by atoms with E-state index in [-0.39, 0.29) is 18.2 Å². The lowest BCUT2D eigenvalue weighted by Gasteiger charge is -2.35. The molecule has 11 nitrogen and oxygen atoms in total. The number of hydrogen-bond acceptors (Lipinski definition) is 8. The number of hydrogen-bond donors (Lipinski definition) is 1. The number of ether oxygens (including phenoxy) is 2.